The highest BCUT2D eigenvalue weighted by molar-refractivity contribution is 7.89. The summed E-state index contributed by atoms with van der Waals surface area (Å²) in [5, 5.41) is 3.14. The molecule has 2 rings (SSSR count). The predicted octanol–water partition coefficient (Wildman–Crippen LogP) is 0.718. The van der Waals surface area contributed by atoms with Crippen LogP contribution in [0.4, 0.5) is 17.6 Å². The molecule has 0 bridgehead atoms. The Kier molecular flexibility index (Phi) is 4.80. The molecule has 0 radical (unpaired) electrons. The molecule has 1 aromatic heterocycles. The number of nitrogens with zero attached hydrogens (tertiary/aromatic N) is 3. The van der Waals surface area contributed by atoms with Gasteiger partial charge in [0.05, 0.1) is 11.4 Å². The smallest absolute Gasteiger partial charge is 0.274 e. The van der Waals surface area contributed by atoms with Crippen LogP contribution < -0.4 is 10.4 Å². The molecule has 0 saturated carbocycles. The zero-order valence-corrected chi connectivity index (χ0v) is 13.0. The number of rotatable bonds is 5. The first-order chi connectivity index (χ1) is 11.0. The quantitative estimate of drug-likeness (QED) is 0.788. The first kappa shape index (κ1) is 18.1. The van der Waals surface area contributed by atoms with Crippen LogP contribution in [0, 0.1) is 5.82 Å². The second-order valence-corrected chi connectivity index (χ2v) is 6.50. The Hall–Kier alpha value is -2.21. The fourth-order valence-electron chi connectivity index (χ4n) is 1.86. The monoisotopic (exact) mass is 368 g/mol. The fourth-order valence-corrected chi connectivity index (χ4v) is 2.88. The molecule has 132 valence electrons. The minimum atomic E-state index is -4.80. The van der Waals surface area contributed by atoms with Gasteiger partial charge in [0, 0.05) is 13.6 Å². The van der Waals surface area contributed by atoms with E-state index in [0.717, 1.165) is 31.3 Å². The maximum atomic E-state index is 12.8. The van der Waals surface area contributed by atoms with Gasteiger partial charge in [-0.15, -0.1) is 5.10 Å². The zero-order valence-electron chi connectivity index (χ0n) is 12.2. The van der Waals surface area contributed by atoms with Gasteiger partial charge in [0.2, 0.25) is 15.8 Å². The fraction of sp³-hybridized carbons (Fsp3) is 0.333. The Morgan fingerprint density at radius 3 is 2.29 bits per heavy atom. The summed E-state index contributed by atoms with van der Waals surface area (Å²) in [6, 6.07) is 3.97. The molecule has 0 fully saturated rings. The first-order valence-electron chi connectivity index (χ1n) is 6.48. The van der Waals surface area contributed by atoms with E-state index in [1.54, 1.807) is 0 Å². The Morgan fingerprint density at radius 1 is 1.21 bits per heavy atom. The Morgan fingerprint density at radius 2 is 1.79 bits per heavy atom. The van der Waals surface area contributed by atoms with Crippen molar-refractivity contribution in [3.05, 3.63) is 46.4 Å². The number of alkyl halides is 3. The van der Waals surface area contributed by atoms with E-state index in [1.807, 2.05) is 0 Å². The number of benzene rings is 1. The van der Waals surface area contributed by atoms with Gasteiger partial charge in [-0.25, -0.2) is 27.0 Å². The van der Waals surface area contributed by atoms with Crippen LogP contribution in [0.2, 0.25) is 0 Å². The second-order valence-electron chi connectivity index (χ2n) is 4.74. The molecule has 2 aromatic rings. The van der Waals surface area contributed by atoms with Gasteiger partial charge in [-0.3, -0.25) is 4.57 Å². The van der Waals surface area contributed by atoms with Crippen molar-refractivity contribution in [3.63, 3.8) is 0 Å². The van der Waals surface area contributed by atoms with Crippen LogP contribution in [0.1, 0.15) is 5.82 Å². The SMILES string of the molecule is Cn1c(C(F)(F)F)nn(CCNS(=O)(=O)c2ccc(F)cc2)c1=O. The Labute approximate surface area is 133 Å². The molecule has 24 heavy (non-hydrogen) atoms. The molecule has 12 heteroatoms. The first-order valence-corrected chi connectivity index (χ1v) is 7.97. The minimum absolute atomic E-state index is 0.215. The molecule has 1 N–H and O–H groups in total. The number of sulfonamides is 1. The molecule has 0 atom stereocenters. The second kappa shape index (κ2) is 6.36. The normalized spacial score (nSPS) is 12.5. The number of hydrogen-bond donors (Lipinski definition) is 1. The summed E-state index contributed by atoms with van der Waals surface area (Å²) in [5.74, 6) is -2.00. The molecule has 0 saturated heterocycles. The maximum Gasteiger partial charge on any atom is 0.451 e. The maximum absolute atomic E-state index is 12.8. The number of halogens is 4. The summed E-state index contributed by atoms with van der Waals surface area (Å²) in [7, 11) is -3.07. The third-order valence-corrected chi connectivity index (χ3v) is 4.51. The van der Waals surface area contributed by atoms with Crippen molar-refractivity contribution in [2.24, 2.45) is 7.05 Å². The predicted molar refractivity (Wildman–Crippen MR) is 74.1 cm³/mol. The van der Waals surface area contributed by atoms with Crippen LogP contribution in [0.15, 0.2) is 34.0 Å². The summed E-state index contributed by atoms with van der Waals surface area (Å²) in [6.07, 6.45) is -4.80. The van der Waals surface area contributed by atoms with Crippen molar-refractivity contribution in [2.75, 3.05) is 6.54 Å². The molecule has 0 unspecified atom stereocenters. The molecule has 0 aliphatic carbocycles. The molecule has 7 nitrogen and oxygen atoms in total. The molecule has 1 heterocycles. The highest BCUT2D eigenvalue weighted by Crippen LogP contribution is 2.25. The van der Waals surface area contributed by atoms with E-state index < -0.39 is 40.1 Å². The van der Waals surface area contributed by atoms with Crippen molar-refractivity contribution < 1.29 is 26.0 Å². The van der Waals surface area contributed by atoms with Crippen LogP contribution in [-0.4, -0.2) is 29.3 Å². The van der Waals surface area contributed by atoms with Crippen molar-refractivity contribution in [1.82, 2.24) is 19.1 Å². The lowest BCUT2D eigenvalue weighted by Gasteiger charge is -2.06. The summed E-state index contributed by atoms with van der Waals surface area (Å²) >= 11 is 0. The third kappa shape index (κ3) is 3.82. The van der Waals surface area contributed by atoms with Crippen LogP contribution in [0.3, 0.4) is 0 Å². The average Bonchev–Trinajstić information content (AvgIpc) is 2.76. The third-order valence-electron chi connectivity index (χ3n) is 3.03. The largest absolute Gasteiger partial charge is 0.451 e. The van der Waals surface area contributed by atoms with Gasteiger partial charge in [0.15, 0.2) is 0 Å². The lowest BCUT2D eigenvalue weighted by Crippen LogP contribution is -2.31. The summed E-state index contributed by atoms with van der Waals surface area (Å²) < 4.78 is 77.4. The van der Waals surface area contributed by atoms with Crippen molar-refractivity contribution in [3.8, 4) is 0 Å². The van der Waals surface area contributed by atoms with Gasteiger partial charge in [0.25, 0.3) is 0 Å². The molecule has 0 amide bonds. The van der Waals surface area contributed by atoms with Crippen molar-refractivity contribution >= 4 is 10.0 Å². The van der Waals surface area contributed by atoms with Crippen LogP contribution in [0.5, 0.6) is 0 Å². The van der Waals surface area contributed by atoms with E-state index in [4.69, 9.17) is 0 Å². The minimum Gasteiger partial charge on any atom is -0.274 e. The topological polar surface area (TPSA) is 86.0 Å². The Bertz CT molecular complexity index is 885. The highest BCUT2D eigenvalue weighted by atomic mass is 32.2. The summed E-state index contributed by atoms with van der Waals surface area (Å²) in [6.45, 7) is -0.767. The molecule has 0 aliphatic rings. The van der Waals surface area contributed by atoms with E-state index in [2.05, 4.69) is 9.82 Å². The highest BCUT2D eigenvalue weighted by Gasteiger charge is 2.37. The van der Waals surface area contributed by atoms with E-state index >= 15 is 0 Å². The van der Waals surface area contributed by atoms with E-state index in [9.17, 15) is 30.8 Å². The lowest BCUT2D eigenvalue weighted by atomic mass is 10.4. The van der Waals surface area contributed by atoms with E-state index in [0.29, 0.717) is 9.25 Å². The number of aromatic nitrogens is 3. The van der Waals surface area contributed by atoms with Crippen LogP contribution >= 0.6 is 0 Å². The lowest BCUT2D eigenvalue weighted by molar-refractivity contribution is -0.147. The van der Waals surface area contributed by atoms with Gasteiger partial charge in [-0.05, 0) is 24.3 Å². The number of nitrogens with one attached hydrogen (secondary N) is 1. The van der Waals surface area contributed by atoms with Gasteiger partial charge < -0.3 is 0 Å². The molecule has 0 spiro atoms. The van der Waals surface area contributed by atoms with Crippen molar-refractivity contribution in [1.29, 1.82) is 0 Å². The zero-order chi connectivity index (χ0) is 18.1. The standard InChI is InChI=1S/C12H12F4N4O3S/c1-19-10(12(14,15)16)18-20(11(19)21)7-6-17-24(22,23)9-4-2-8(13)3-5-9/h2-5,17H,6-7H2,1H3. The molecule has 1 aromatic carbocycles. The van der Waals surface area contributed by atoms with Gasteiger partial charge >= 0.3 is 11.9 Å². The summed E-state index contributed by atoms with van der Waals surface area (Å²) in [4.78, 5) is 11.4. The van der Waals surface area contributed by atoms with E-state index in [-0.39, 0.29) is 11.4 Å². The summed E-state index contributed by atoms with van der Waals surface area (Å²) in [5.41, 5.74) is -1.02. The van der Waals surface area contributed by atoms with Crippen LogP contribution in [0.25, 0.3) is 0 Å². The number of hydrogen-bond acceptors (Lipinski definition) is 4. The average molecular weight is 368 g/mol. The van der Waals surface area contributed by atoms with E-state index in [1.165, 1.54) is 0 Å². The van der Waals surface area contributed by atoms with Crippen molar-refractivity contribution in [2.45, 2.75) is 17.6 Å². The molecular weight excluding hydrogens is 356 g/mol. The molecule has 0 aliphatic heterocycles. The van der Waals surface area contributed by atoms with Gasteiger partial charge in [0.1, 0.15) is 5.82 Å². The van der Waals surface area contributed by atoms with Gasteiger partial charge in [-0.1, -0.05) is 0 Å². The Balaban J connectivity index is 2.10. The van der Waals surface area contributed by atoms with Gasteiger partial charge in [-0.2, -0.15) is 13.2 Å². The van der Waals surface area contributed by atoms with Crippen LogP contribution in [-0.2, 0) is 29.8 Å². The molecular formula is C12H12F4N4O3S.